The lowest BCUT2D eigenvalue weighted by Crippen LogP contribution is -2.60. The maximum Gasteiger partial charge on any atom is 0.326 e. The molecular weight excluding hydrogens is 432 g/mol. The summed E-state index contributed by atoms with van der Waals surface area (Å²) in [6, 6.07) is -6.29. The van der Waals surface area contributed by atoms with E-state index in [2.05, 4.69) is 10.6 Å². The zero-order valence-electron chi connectivity index (χ0n) is 17.9. The van der Waals surface area contributed by atoms with Gasteiger partial charge >= 0.3 is 17.9 Å². The van der Waals surface area contributed by atoms with Gasteiger partial charge in [0, 0.05) is 0 Å². The molecule has 5 atom stereocenters. The van der Waals surface area contributed by atoms with E-state index in [1.165, 1.54) is 0 Å². The Morgan fingerprint density at radius 3 is 1.66 bits per heavy atom. The zero-order valence-corrected chi connectivity index (χ0v) is 17.9. The molecule has 32 heavy (non-hydrogen) atoms. The van der Waals surface area contributed by atoms with E-state index in [1.54, 1.807) is 13.8 Å². The molecule has 0 heterocycles. The van der Waals surface area contributed by atoms with Crippen LogP contribution in [0.15, 0.2) is 0 Å². The molecule has 0 aromatic rings. The first-order chi connectivity index (χ1) is 14.6. The summed E-state index contributed by atoms with van der Waals surface area (Å²) in [6.45, 7) is 4.54. The molecule has 0 saturated heterocycles. The Bertz CT molecular complexity index is 725. The standard InChI is InChI=1S/C18H30N4O10/c1-7(2)4-11(18(31)32)21-16(29)10(6-13(26)27)20-17(30)14(8(3)23)22-15(28)9(19)5-12(24)25/h7-11,14,23H,4-6,19H2,1-3H3,(H,20,30)(H,21,29)(H,22,28)(H,24,25)(H,26,27)(H,31,32). The van der Waals surface area contributed by atoms with Crippen LogP contribution in [0.3, 0.4) is 0 Å². The number of hydrogen-bond acceptors (Lipinski definition) is 8. The molecule has 0 rings (SSSR count). The van der Waals surface area contributed by atoms with Crippen LogP contribution in [0, 0.1) is 5.92 Å². The highest BCUT2D eigenvalue weighted by molar-refractivity contribution is 5.96. The number of nitrogens with one attached hydrogen (secondary N) is 3. The number of nitrogens with two attached hydrogens (primary N) is 1. The Morgan fingerprint density at radius 1 is 0.750 bits per heavy atom. The molecule has 0 saturated carbocycles. The summed E-state index contributed by atoms with van der Waals surface area (Å²) in [5.41, 5.74) is 5.40. The molecule has 14 heteroatoms. The molecule has 0 bridgehead atoms. The SMILES string of the molecule is CC(C)CC(NC(=O)C(CC(=O)O)NC(=O)C(NC(=O)C(N)CC(=O)O)C(C)O)C(=O)O. The van der Waals surface area contributed by atoms with Crippen molar-refractivity contribution in [2.24, 2.45) is 11.7 Å². The molecule has 0 radical (unpaired) electrons. The topological polar surface area (TPSA) is 245 Å². The number of amides is 3. The average Bonchev–Trinajstić information content (AvgIpc) is 2.62. The highest BCUT2D eigenvalue weighted by Crippen LogP contribution is 2.07. The zero-order chi connectivity index (χ0) is 25.2. The van der Waals surface area contributed by atoms with Crippen LogP contribution in [-0.2, 0) is 28.8 Å². The fourth-order valence-corrected chi connectivity index (χ4v) is 2.56. The summed E-state index contributed by atoms with van der Waals surface area (Å²) < 4.78 is 0. The van der Waals surface area contributed by atoms with Crippen molar-refractivity contribution in [3.05, 3.63) is 0 Å². The molecule has 0 aliphatic rings. The van der Waals surface area contributed by atoms with Crippen LogP contribution in [0.5, 0.6) is 0 Å². The van der Waals surface area contributed by atoms with E-state index in [0.29, 0.717) is 0 Å². The van der Waals surface area contributed by atoms with Crippen LogP contribution in [0.4, 0.5) is 0 Å². The van der Waals surface area contributed by atoms with Gasteiger partial charge in [0.1, 0.15) is 18.1 Å². The van der Waals surface area contributed by atoms with Crippen molar-refractivity contribution in [3.63, 3.8) is 0 Å². The minimum absolute atomic E-state index is 0.0443. The second-order valence-corrected chi connectivity index (χ2v) is 7.62. The molecule has 14 nitrogen and oxygen atoms in total. The van der Waals surface area contributed by atoms with Crippen LogP contribution >= 0.6 is 0 Å². The van der Waals surface area contributed by atoms with Crippen LogP contribution in [0.1, 0.15) is 40.0 Å². The molecule has 0 fully saturated rings. The van der Waals surface area contributed by atoms with Crippen molar-refractivity contribution in [2.75, 3.05) is 0 Å². The van der Waals surface area contributed by atoms with Gasteiger partial charge in [-0.1, -0.05) is 13.8 Å². The number of aliphatic carboxylic acids is 3. The number of carbonyl (C=O) groups excluding carboxylic acids is 3. The van der Waals surface area contributed by atoms with Crippen molar-refractivity contribution >= 4 is 35.6 Å². The third-order valence-electron chi connectivity index (χ3n) is 4.13. The largest absolute Gasteiger partial charge is 0.481 e. The normalized spacial score (nSPS) is 15.6. The summed E-state index contributed by atoms with van der Waals surface area (Å²) in [5, 5.41) is 43.0. The van der Waals surface area contributed by atoms with Crippen molar-refractivity contribution in [2.45, 2.75) is 70.3 Å². The maximum absolute atomic E-state index is 12.5. The summed E-state index contributed by atoms with van der Waals surface area (Å²) in [5.74, 6) is -7.65. The van der Waals surface area contributed by atoms with Crippen molar-refractivity contribution in [1.29, 1.82) is 0 Å². The van der Waals surface area contributed by atoms with E-state index in [-0.39, 0.29) is 12.3 Å². The lowest BCUT2D eigenvalue weighted by atomic mass is 10.0. The first kappa shape index (κ1) is 28.7. The predicted molar refractivity (Wildman–Crippen MR) is 107 cm³/mol. The van der Waals surface area contributed by atoms with E-state index in [4.69, 9.17) is 15.9 Å². The molecule has 0 aromatic heterocycles. The van der Waals surface area contributed by atoms with Crippen molar-refractivity contribution < 1.29 is 49.2 Å². The van der Waals surface area contributed by atoms with E-state index in [1.807, 2.05) is 5.32 Å². The maximum atomic E-state index is 12.5. The van der Waals surface area contributed by atoms with Gasteiger partial charge in [-0.15, -0.1) is 0 Å². The summed E-state index contributed by atoms with van der Waals surface area (Å²) in [6.07, 6.45) is -3.15. The van der Waals surface area contributed by atoms with Gasteiger partial charge in [-0.05, 0) is 19.3 Å². The number of carbonyl (C=O) groups is 6. The molecule has 182 valence electrons. The van der Waals surface area contributed by atoms with Gasteiger partial charge in [-0.2, -0.15) is 0 Å². The molecule has 3 amide bonds. The lowest BCUT2D eigenvalue weighted by molar-refractivity contribution is -0.144. The Balaban J connectivity index is 5.47. The highest BCUT2D eigenvalue weighted by atomic mass is 16.4. The van der Waals surface area contributed by atoms with E-state index >= 15 is 0 Å². The van der Waals surface area contributed by atoms with Crippen LogP contribution in [0.25, 0.3) is 0 Å². The second-order valence-electron chi connectivity index (χ2n) is 7.62. The second kappa shape index (κ2) is 13.2. The number of carboxylic acids is 3. The van der Waals surface area contributed by atoms with Crippen LogP contribution in [0.2, 0.25) is 0 Å². The fourth-order valence-electron chi connectivity index (χ4n) is 2.56. The summed E-state index contributed by atoms with van der Waals surface area (Å²) in [4.78, 5) is 70.1. The Kier molecular flexibility index (Phi) is 11.9. The van der Waals surface area contributed by atoms with E-state index in [9.17, 15) is 39.0 Å². The van der Waals surface area contributed by atoms with Crippen molar-refractivity contribution in [1.82, 2.24) is 16.0 Å². The number of hydrogen-bond donors (Lipinski definition) is 8. The van der Waals surface area contributed by atoms with Gasteiger partial charge in [0.15, 0.2) is 0 Å². The Labute approximate surface area is 183 Å². The van der Waals surface area contributed by atoms with E-state index in [0.717, 1.165) is 6.92 Å². The first-order valence-electron chi connectivity index (χ1n) is 9.66. The molecule has 9 N–H and O–H groups in total. The molecule has 0 aliphatic heterocycles. The van der Waals surface area contributed by atoms with Gasteiger partial charge in [-0.25, -0.2) is 4.79 Å². The van der Waals surface area contributed by atoms with Gasteiger partial charge in [0.2, 0.25) is 17.7 Å². The Hall–Kier alpha value is -3.26. The Morgan fingerprint density at radius 2 is 1.25 bits per heavy atom. The molecule has 0 aromatic carbocycles. The molecule has 0 aliphatic carbocycles. The summed E-state index contributed by atoms with van der Waals surface area (Å²) in [7, 11) is 0. The monoisotopic (exact) mass is 462 g/mol. The first-order valence-corrected chi connectivity index (χ1v) is 9.66. The number of carboxylic acid groups (broad SMARTS) is 3. The molecular formula is C18H30N4O10. The number of rotatable bonds is 14. The quantitative estimate of drug-likeness (QED) is 0.131. The van der Waals surface area contributed by atoms with Gasteiger partial charge in [0.05, 0.1) is 25.0 Å². The highest BCUT2D eigenvalue weighted by Gasteiger charge is 2.33. The van der Waals surface area contributed by atoms with E-state index < -0.39 is 78.7 Å². The van der Waals surface area contributed by atoms with Crippen LogP contribution < -0.4 is 21.7 Å². The molecule has 5 unspecified atom stereocenters. The van der Waals surface area contributed by atoms with Gasteiger partial charge in [0.25, 0.3) is 0 Å². The number of aliphatic hydroxyl groups excluding tert-OH is 1. The fraction of sp³-hybridized carbons (Fsp3) is 0.667. The lowest BCUT2D eigenvalue weighted by Gasteiger charge is -2.26. The minimum atomic E-state index is -1.72. The average molecular weight is 462 g/mol. The summed E-state index contributed by atoms with van der Waals surface area (Å²) >= 11 is 0. The van der Waals surface area contributed by atoms with Gasteiger partial charge < -0.3 is 42.1 Å². The minimum Gasteiger partial charge on any atom is -0.481 e. The molecule has 0 spiro atoms. The third-order valence-corrected chi connectivity index (χ3v) is 4.13. The third kappa shape index (κ3) is 10.7. The number of aliphatic hydroxyl groups is 1. The van der Waals surface area contributed by atoms with Crippen molar-refractivity contribution in [3.8, 4) is 0 Å². The predicted octanol–water partition coefficient (Wildman–Crippen LogP) is -2.77. The van der Waals surface area contributed by atoms with Gasteiger partial charge in [-0.3, -0.25) is 24.0 Å². The smallest absolute Gasteiger partial charge is 0.326 e. The van der Waals surface area contributed by atoms with Crippen LogP contribution in [-0.4, -0.2) is 86.3 Å².